The van der Waals surface area contributed by atoms with Gasteiger partial charge in [0.2, 0.25) is 0 Å². The predicted octanol–water partition coefficient (Wildman–Crippen LogP) is 3.54. The molecule has 0 fully saturated rings. The molecule has 0 aliphatic carbocycles. The quantitative estimate of drug-likeness (QED) is 0.665. The Bertz CT molecular complexity index is 788. The topological polar surface area (TPSA) is 60.7 Å². The smallest absolute Gasteiger partial charge is 0.253 e. The molecule has 0 radical (unpaired) electrons. The molecular formula is C16H16BrN3O. The molecule has 0 aliphatic heterocycles. The molecule has 2 aromatic heterocycles. The van der Waals surface area contributed by atoms with E-state index in [9.17, 15) is 4.79 Å². The summed E-state index contributed by atoms with van der Waals surface area (Å²) in [5.41, 5.74) is 3.92. The van der Waals surface area contributed by atoms with E-state index in [0.717, 1.165) is 22.1 Å². The van der Waals surface area contributed by atoms with Crippen LogP contribution in [0.1, 0.15) is 21.6 Å². The minimum Gasteiger partial charge on any atom is -0.365 e. The zero-order valence-electron chi connectivity index (χ0n) is 11.7. The van der Waals surface area contributed by atoms with Crippen LogP contribution in [-0.4, -0.2) is 22.4 Å². The molecule has 1 aromatic carbocycles. The van der Waals surface area contributed by atoms with Crippen LogP contribution >= 0.6 is 15.9 Å². The number of halogens is 1. The van der Waals surface area contributed by atoms with Crippen LogP contribution in [0.3, 0.4) is 0 Å². The largest absolute Gasteiger partial charge is 0.365 e. The van der Waals surface area contributed by atoms with Gasteiger partial charge in [0.05, 0.1) is 5.56 Å². The number of aromatic amines is 2. The van der Waals surface area contributed by atoms with Gasteiger partial charge in [0.15, 0.2) is 0 Å². The molecule has 0 saturated heterocycles. The van der Waals surface area contributed by atoms with Gasteiger partial charge in [0.25, 0.3) is 5.91 Å². The third-order valence-corrected chi connectivity index (χ3v) is 4.10. The molecule has 0 atom stereocenters. The number of aromatic nitrogens is 2. The lowest BCUT2D eigenvalue weighted by Gasteiger charge is -2.04. The molecule has 0 unspecified atom stereocenters. The van der Waals surface area contributed by atoms with Gasteiger partial charge >= 0.3 is 0 Å². The van der Waals surface area contributed by atoms with E-state index in [1.807, 2.05) is 25.3 Å². The summed E-state index contributed by atoms with van der Waals surface area (Å²) in [7, 11) is 0. The van der Waals surface area contributed by atoms with E-state index >= 15 is 0 Å². The third kappa shape index (κ3) is 2.88. The maximum atomic E-state index is 12.0. The lowest BCUT2D eigenvalue weighted by molar-refractivity contribution is 0.0953. The van der Waals surface area contributed by atoms with Crippen LogP contribution in [0.5, 0.6) is 0 Å². The molecular weight excluding hydrogens is 330 g/mol. The van der Waals surface area contributed by atoms with Crippen molar-refractivity contribution in [2.45, 2.75) is 13.3 Å². The zero-order valence-corrected chi connectivity index (χ0v) is 13.3. The van der Waals surface area contributed by atoms with Crippen molar-refractivity contribution in [2.24, 2.45) is 0 Å². The number of aryl methyl sites for hydroxylation is 1. The van der Waals surface area contributed by atoms with Crippen LogP contribution in [-0.2, 0) is 6.42 Å². The van der Waals surface area contributed by atoms with Gasteiger partial charge in [-0.2, -0.15) is 0 Å². The van der Waals surface area contributed by atoms with Crippen LogP contribution < -0.4 is 5.32 Å². The first-order valence-corrected chi connectivity index (χ1v) is 7.62. The first-order valence-electron chi connectivity index (χ1n) is 6.83. The number of rotatable bonds is 4. The molecule has 3 aromatic rings. The van der Waals surface area contributed by atoms with Crippen molar-refractivity contribution in [2.75, 3.05) is 6.54 Å². The van der Waals surface area contributed by atoms with Crippen molar-refractivity contribution in [3.05, 3.63) is 58.0 Å². The Balaban J connectivity index is 1.66. The van der Waals surface area contributed by atoms with Crippen LogP contribution in [0.25, 0.3) is 10.9 Å². The fourth-order valence-corrected chi connectivity index (χ4v) is 2.82. The molecule has 3 N–H and O–H groups in total. The standard InChI is InChI=1S/C16H16BrN3O/c1-10-13(5-7-18-10)16(21)19-6-4-11-9-20-15-3-2-12(17)8-14(11)15/h2-3,5,7-9,18,20H,4,6H2,1H3,(H,19,21). The summed E-state index contributed by atoms with van der Waals surface area (Å²) in [5.74, 6) is -0.0326. The van der Waals surface area contributed by atoms with Crippen molar-refractivity contribution in [1.82, 2.24) is 15.3 Å². The lowest BCUT2D eigenvalue weighted by atomic mass is 10.1. The zero-order chi connectivity index (χ0) is 14.8. The van der Waals surface area contributed by atoms with Crippen molar-refractivity contribution in [3.63, 3.8) is 0 Å². The normalized spacial score (nSPS) is 11.0. The van der Waals surface area contributed by atoms with Crippen LogP contribution in [0.4, 0.5) is 0 Å². The molecule has 21 heavy (non-hydrogen) atoms. The molecule has 5 heteroatoms. The maximum Gasteiger partial charge on any atom is 0.253 e. The molecule has 4 nitrogen and oxygen atoms in total. The Morgan fingerprint density at radius 1 is 1.29 bits per heavy atom. The summed E-state index contributed by atoms with van der Waals surface area (Å²) < 4.78 is 1.06. The van der Waals surface area contributed by atoms with Gasteiger partial charge in [-0.3, -0.25) is 4.79 Å². The number of carbonyl (C=O) groups excluding carboxylic acids is 1. The van der Waals surface area contributed by atoms with E-state index in [4.69, 9.17) is 0 Å². The molecule has 2 heterocycles. The second-order valence-corrected chi connectivity index (χ2v) is 5.94. The summed E-state index contributed by atoms with van der Waals surface area (Å²) in [6.45, 7) is 2.51. The average Bonchev–Trinajstić information content (AvgIpc) is 3.05. The van der Waals surface area contributed by atoms with Gasteiger partial charge in [-0.05, 0) is 43.2 Å². The Kier molecular flexibility index (Phi) is 3.84. The Morgan fingerprint density at radius 3 is 2.90 bits per heavy atom. The summed E-state index contributed by atoms with van der Waals surface area (Å²) in [6, 6.07) is 7.95. The maximum absolute atomic E-state index is 12.0. The minimum absolute atomic E-state index is 0.0326. The molecule has 0 aliphatic rings. The molecule has 1 amide bonds. The van der Waals surface area contributed by atoms with Crippen molar-refractivity contribution >= 4 is 32.7 Å². The Morgan fingerprint density at radius 2 is 2.14 bits per heavy atom. The highest BCUT2D eigenvalue weighted by Gasteiger charge is 2.09. The molecule has 0 bridgehead atoms. The summed E-state index contributed by atoms with van der Waals surface area (Å²) in [6.07, 6.45) is 4.58. The van der Waals surface area contributed by atoms with Crippen LogP contribution in [0.2, 0.25) is 0 Å². The van der Waals surface area contributed by atoms with Gasteiger partial charge in [-0.15, -0.1) is 0 Å². The van der Waals surface area contributed by atoms with E-state index in [1.54, 1.807) is 12.3 Å². The number of fused-ring (bicyclic) bond motifs is 1. The number of hydrogen-bond donors (Lipinski definition) is 3. The lowest BCUT2D eigenvalue weighted by Crippen LogP contribution is -2.25. The number of amides is 1. The van der Waals surface area contributed by atoms with E-state index in [1.165, 1.54) is 10.9 Å². The van der Waals surface area contributed by atoms with Crippen LogP contribution in [0, 0.1) is 6.92 Å². The van der Waals surface area contributed by atoms with Gasteiger partial charge < -0.3 is 15.3 Å². The summed E-state index contributed by atoms with van der Waals surface area (Å²) in [4.78, 5) is 18.3. The average molecular weight is 346 g/mol. The van der Waals surface area contributed by atoms with Gasteiger partial charge in [-0.1, -0.05) is 15.9 Å². The Labute approximate surface area is 131 Å². The number of H-pyrrole nitrogens is 2. The second kappa shape index (κ2) is 5.77. The molecule has 0 saturated carbocycles. The Hall–Kier alpha value is -2.01. The summed E-state index contributed by atoms with van der Waals surface area (Å²) >= 11 is 3.49. The highest BCUT2D eigenvalue weighted by Crippen LogP contribution is 2.22. The van der Waals surface area contributed by atoms with Crippen molar-refractivity contribution < 1.29 is 4.79 Å². The highest BCUT2D eigenvalue weighted by atomic mass is 79.9. The van der Waals surface area contributed by atoms with E-state index in [0.29, 0.717) is 12.1 Å². The monoisotopic (exact) mass is 345 g/mol. The van der Waals surface area contributed by atoms with Gasteiger partial charge in [-0.25, -0.2) is 0 Å². The number of hydrogen-bond acceptors (Lipinski definition) is 1. The molecule has 108 valence electrons. The molecule has 3 rings (SSSR count). The van der Waals surface area contributed by atoms with Crippen molar-refractivity contribution in [3.8, 4) is 0 Å². The fourth-order valence-electron chi connectivity index (χ4n) is 2.46. The number of nitrogens with one attached hydrogen (secondary N) is 3. The molecule has 0 spiro atoms. The first-order chi connectivity index (χ1) is 10.1. The first kappa shape index (κ1) is 13.9. The number of carbonyl (C=O) groups is 1. The highest BCUT2D eigenvalue weighted by molar-refractivity contribution is 9.10. The van der Waals surface area contributed by atoms with E-state index < -0.39 is 0 Å². The van der Waals surface area contributed by atoms with Gasteiger partial charge in [0, 0.05) is 40.0 Å². The fraction of sp³-hybridized carbons (Fsp3) is 0.188. The minimum atomic E-state index is -0.0326. The van der Waals surface area contributed by atoms with Crippen molar-refractivity contribution in [1.29, 1.82) is 0 Å². The van der Waals surface area contributed by atoms with E-state index in [-0.39, 0.29) is 5.91 Å². The summed E-state index contributed by atoms with van der Waals surface area (Å²) in [5, 5.41) is 4.15. The predicted molar refractivity (Wildman–Crippen MR) is 87.6 cm³/mol. The number of benzene rings is 1. The second-order valence-electron chi connectivity index (χ2n) is 5.03. The van der Waals surface area contributed by atoms with Gasteiger partial charge in [0.1, 0.15) is 0 Å². The SMILES string of the molecule is Cc1[nH]ccc1C(=O)NCCc1c[nH]c2ccc(Br)cc12. The third-order valence-electron chi connectivity index (χ3n) is 3.61. The van der Waals surface area contributed by atoms with E-state index in [2.05, 4.69) is 37.3 Å². The van der Waals surface area contributed by atoms with Crippen LogP contribution in [0.15, 0.2) is 41.1 Å².